The Labute approximate surface area is 111 Å². The summed E-state index contributed by atoms with van der Waals surface area (Å²) in [6.45, 7) is 1.70. The molecule has 0 unspecified atom stereocenters. The van der Waals surface area contributed by atoms with Gasteiger partial charge in [0.05, 0.1) is 5.57 Å². The Balaban J connectivity index is 2.39. The van der Waals surface area contributed by atoms with E-state index in [9.17, 15) is 9.90 Å². The number of carbonyl (C=O) groups is 1. The summed E-state index contributed by atoms with van der Waals surface area (Å²) >= 11 is 0. The van der Waals surface area contributed by atoms with Gasteiger partial charge in [-0.2, -0.15) is 0 Å². The fourth-order valence-corrected chi connectivity index (χ4v) is 1.79. The van der Waals surface area contributed by atoms with E-state index in [1.807, 2.05) is 36.4 Å². The molecular formula is C16H14O3. The van der Waals surface area contributed by atoms with Crippen LogP contribution >= 0.6 is 0 Å². The van der Waals surface area contributed by atoms with Gasteiger partial charge >= 0.3 is 5.97 Å². The van der Waals surface area contributed by atoms with Crippen LogP contribution in [0.15, 0.2) is 60.7 Å². The molecule has 0 aliphatic rings. The molecule has 2 aromatic carbocycles. The highest BCUT2D eigenvalue weighted by Gasteiger charge is 2.14. The average molecular weight is 254 g/mol. The van der Waals surface area contributed by atoms with Crippen molar-refractivity contribution in [1.29, 1.82) is 0 Å². The molecule has 1 N–H and O–H groups in total. The zero-order chi connectivity index (χ0) is 13.7. The van der Waals surface area contributed by atoms with Crippen molar-refractivity contribution in [2.75, 3.05) is 0 Å². The van der Waals surface area contributed by atoms with Crippen LogP contribution in [0, 0.1) is 0 Å². The second-order valence-electron chi connectivity index (χ2n) is 3.92. The molecule has 0 radical (unpaired) electrons. The van der Waals surface area contributed by atoms with Gasteiger partial charge in [-0.25, -0.2) is 4.79 Å². The van der Waals surface area contributed by atoms with Gasteiger partial charge in [0.25, 0.3) is 0 Å². The summed E-state index contributed by atoms with van der Waals surface area (Å²) in [4.78, 5) is 11.2. The number of carboxylic acid groups (broad SMARTS) is 1. The number of ether oxygens (including phenoxy) is 1. The highest BCUT2D eigenvalue weighted by molar-refractivity contribution is 6.16. The van der Waals surface area contributed by atoms with Crippen molar-refractivity contribution in [1.82, 2.24) is 0 Å². The monoisotopic (exact) mass is 254 g/mol. The molecule has 0 amide bonds. The number of hydrogen-bond acceptors (Lipinski definition) is 2. The first kappa shape index (κ1) is 12.9. The zero-order valence-corrected chi connectivity index (χ0v) is 10.5. The quantitative estimate of drug-likeness (QED) is 0.840. The summed E-state index contributed by atoms with van der Waals surface area (Å²) in [5.41, 5.74) is 0.799. The molecule has 0 aromatic heterocycles. The summed E-state index contributed by atoms with van der Waals surface area (Å²) in [7, 11) is 0. The third-order valence-corrected chi connectivity index (χ3v) is 2.67. The Bertz CT molecular complexity index is 600. The predicted molar refractivity (Wildman–Crippen MR) is 74.2 cm³/mol. The van der Waals surface area contributed by atoms with Crippen LogP contribution in [0.3, 0.4) is 0 Å². The third-order valence-electron chi connectivity index (χ3n) is 2.67. The van der Waals surface area contributed by atoms with E-state index in [1.165, 1.54) is 0 Å². The number of rotatable bonds is 4. The summed E-state index contributed by atoms with van der Waals surface area (Å²) in [5, 5.41) is 9.19. The van der Waals surface area contributed by atoms with Gasteiger partial charge in [0.1, 0.15) is 11.5 Å². The van der Waals surface area contributed by atoms with E-state index in [0.29, 0.717) is 17.1 Å². The van der Waals surface area contributed by atoms with E-state index < -0.39 is 5.97 Å². The lowest BCUT2D eigenvalue weighted by atomic mass is 10.0. The van der Waals surface area contributed by atoms with Crippen LogP contribution in [-0.4, -0.2) is 11.1 Å². The van der Waals surface area contributed by atoms with E-state index in [-0.39, 0.29) is 5.57 Å². The maximum atomic E-state index is 11.2. The van der Waals surface area contributed by atoms with Gasteiger partial charge < -0.3 is 9.84 Å². The number of para-hydroxylation sites is 2. The second-order valence-corrected chi connectivity index (χ2v) is 3.92. The van der Waals surface area contributed by atoms with Crippen LogP contribution in [0.5, 0.6) is 11.5 Å². The molecule has 96 valence electrons. The largest absolute Gasteiger partial charge is 0.478 e. The van der Waals surface area contributed by atoms with Gasteiger partial charge in [0.15, 0.2) is 0 Å². The Morgan fingerprint density at radius 1 is 1.05 bits per heavy atom. The van der Waals surface area contributed by atoms with Crippen molar-refractivity contribution in [2.45, 2.75) is 6.92 Å². The minimum absolute atomic E-state index is 0.228. The van der Waals surface area contributed by atoms with E-state index in [0.717, 1.165) is 0 Å². The minimum atomic E-state index is -0.966. The lowest BCUT2D eigenvalue weighted by Crippen LogP contribution is -2.01. The number of hydrogen-bond donors (Lipinski definition) is 1. The summed E-state index contributed by atoms with van der Waals surface area (Å²) < 4.78 is 5.74. The lowest BCUT2D eigenvalue weighted by molar-refractivity contribution is -0.130. The molecule has 0 atom stereocenters. The minimum Gasteiger partial charge on any atom is -0.478 e. The molecule has 0 saturated heterocycles. The van der Waals surface area contributed by atoms with Gasteiger partial charge in [-0.3, -0.25) is 0 Å². The molecule has 2 rings (SSSR count). The van der Waals surface area contributed by atoms with E-state index in [2.05, 4.69) is 0 Å². The van der Waals surface area contributed by atoms with Gasteiger partial charge in [-0.05, 0) is 25.1 Å². The van der Waals surface area contributed by atoms with Crippen LogP contribution in [-0.2, 0) is 4.79 Å². The SMILES string of the molecule is CC=C(C(=O)O)c1ccccc1Oc1ccccc1. The Morgan fingerprint density at radius 2 is 1.68 bits per heavy atom. The van der Waals surface area contributed by atoms with E-state index in [1.54, 1.807) is 31.2 Å². The number of benzene rings is 2. The number of carboxylic acids is 1. The molecule has 0 aliphatic heterocycles. The van der Waals surface area contributed by atoms with Crippen LogP contribution in [0.25, 0.3) is 5.57 Å². The first-order chi connectivity index (χ1) is 9.22. The zero-order valence-electron chi connectivity index (χ0n) is 10.5. The molecule has 0 saturated carbocycles. The maximum absolute atomic E-state index is 11.2. The van der Waals surface area contributed by atoms with Crippen molar-refractivity contribution >= 4 is 11.5 Å². The summed E-state index contributed by atoms with van der Waals surface area (Å²) in [5.74, 6) is 0.242. The normalized spacial score (nSPS) is 11.1. The highest BCUT2D eigenvalue weighted by atomic mass is 16.5. The first-order valence-electron chi connectivity index (χ1n) is 5.94. The van der Waals surface area contributed by atoms with Gasteiger partial charge in [0.2, 0.25) is 0 Å². The molecule has 0 bridgehead atoms. The lowest BCUT2D eigenvalue weighted by Gasteiger charge is -2.11. The molecule has 19 heavy (non-hydrogen) atoms. The molecule has 0 fully saturated rings. The second kappa shape index (κ2) is 5.87. The first-order valence-corrected chi connectivity index (χ1v) is 5.94. The Morgan fingerprint density at radius 3 is 2.32 bits per heavy atom. The van der Waals surface area contributed by atoms with Crippen molar-refractivity contribution in [3.8, 4) is 11.5 Å². The third kappa shape index (κ3) is 3.01. The maximum Gasteiger partial charge on any atom is 0.336 e. The van der Waals surface area contributed by atoms with Crippen molar-refractivity contribution in [3.63, 3.8) is 0 Å². The van der Waals surface area contributed by atoms with E-state index >= 15 is 0 Å². The topological polar surface area (TPSA) is 46.5 Å². The Kier molecular flexibility index (Phi) is 3.98. The van der Waals surface area contributed by atoms with E-state index in [4.69, 9.17) is 4.74 Å². The van der Waals surface area contributed by atoms with Crippen molar-refractivity contribution in [3.05, 3.63) is 66.2 Å². The molecule has 0 heterocycles. The summed E-state index contributed by atoms with van der Waals surface area (Å²) in [6, 6.07) is 16.4. The average Bonchev–Trinajstić information content (AvgIpc) is 2.42. The van der Waals surface area contributed by atoms with Crippen molar-refractivity contribution in [2.24, 2.45) is 0 Å². The van der Waals surface area contributed by atoms with Crippen LogP contribution in [0.4, 0.5) is 0 Å². The fourth-order valence-electron chi connectivity index (χ4n) is 1.79. The van der Waals surface area contributed by atoms with Gasteiger partial charge in [-0.1, -0.05) is 42.5 Å². The molecule has 0 spiro atoms. The molecular weight excluding hydrogens is 240 g/mol. The van der Waals surface area contributed by atoms with Crippen LogP contribution in [0.2, 0.25) is 0 Å². The highest BCUT2D eigenvalue weighted by Crippen LogP contribution is 2.30. The van der Waals surface area contributed by atoms with Gasteiger partial charge in [0, 0.05) is 5.56 Å². The number of allylic oxidation sites excluding steroid dienone is 1. The predicted octanol–water partition coefficient (Wildman–Crippen LogP) is 3.97. The fraction of sp³-hybridized carbons (Fsp3) is 0.0625. The van der Waals surface area contributed by atoms with Gasteiger partial charge in [-0.15, -0.1) is 0 Å². The smallest absolute Gasteiger partial charge is 0.336 e. The summed E-state index contributed by atoms with van der Waals surface area (Å²) in [6.07, 6.45) is 1.56. The number of aliphatic carboxylic acids is 1. The molecule has 3 nitrogen and oxygen atoms in total. The Hall–Kier alpha value is -2.55. The molecule has 0 aliphatic carbocycles. The van der Waals surface area contributed by atoms with Crippen LogP contribution in [0.1, 0.15) is 12.5 Å². The van der Waals surface area contributed by atoms with Crippen LogP contribution < -0.4 is 4.74 Å². The van der Waals surface area contributed by atoms with Crippen molar-refractivity contribution < 1.29 is 14.6 Å². The molecule has 2 aromatic rings. The molecule has 3 heteroatoms. The standard InChI is InChI=1S/C16H14O3/c1-2-13(16(17)18)14-10-6-7-11-15(14)19-12-8-4-3-5-9-12/h2-11H,1H3,(H,17,18).